The van der Waals surface area contributed by atoms with Crippen molar-refractivity contribution in [3.8, 4) is 0 Å². The van der Waals surface area contributed by atoms with Gasteiger partial charge in [0, 0.05) is 13.1 Å². The molecule has 1 aromatic rings. The van der Waals surface area contributed by atoms with Gasteiger partial charge in [-0.15, -0.1) is 0 Å². The second-order valence-corrected chi connectivity index (χ2v) is 7.36. The van der Waals surface area contributed by atoms with Crippen LogP contribution in [0.15, 0.2) is 4.90 Å². The van der Waals surface area contributed by atoms with Crippen LogP contribution >= 0.6 is 0 Å². The molecule has 3 N–H and O–H groups in total. The second-order valence-electron chi connectivity index (χ2n) is 3.83. The molecular weight excluding hydrogens is 280 g/mol. The molecule has 10 heteroatoms. The van der Waals surface area contributed by atoms with E-state index in [-0.39, 0.29) is 18.0 Å². The average Bonchev–Trinajstić information content (AvgIpc) is 2.52. The van der Waals surface area contributed by atoms with Crippen molar-refractivity contribution in [1.82, 2.24) is 19.6 Å². The Balaban J connectivity index is 2.67. The van der Waals surface area contributed by atoms with Crippen LogP contribution in [0, 0.1) is 13.8 Å². The van der Waals surface area contributed by atoms with Crippen molar-refractivity contribution < 1.29 is 16.8 Å². The predicted molar refractivity (Wildman–Crippen MR) is 66.1 cm³/mol. The molecule has 0 unspecified atom stereocenters. The van der Waals surface area contributed by atoms with Gasteiger partial charge >= 0.3 is 0 Å². The molecule has 104 valence electrons. The SMILES string of the molecule is Cc1n[nH]c(C)c1S(=O)(=O)NCCNS(C)(=O)=O. The fourth-order valence-electron chi connectivity index (χ4n) is 1.43. The van der Waals surface area contributed by atoms with Gasteiger partial charge in [0.25, 0.3) is 0 Å². The summed E-state index contributed by atoms with van der Waals surface area (Å²) in [5.74, 6) is 0. The van der Waals surface area contributed by atoms with E-state index in [9.17, 15) is 16.8 Å². The zero-order chi connectivity index (χ0) is 14.0. The van der Waals surface area contributed by atoms with Gasteiger partial charge in [-0.1, -0.05) is 0 Å². The number of rotatable bonds is 6. The largest absolute Gasteiger partial charge is 0.281 e. The Kier molecular flexibility index (Phi) is 4.48. The van der Waals surface area contributed by atoms with Crippen LogP contribution in [0.5, 0.6) is 0 Å². The number of aromatic nitrogens is 2. The van der Waals surface area contributed by atoms with E-state index in [1.807, 2.05) is 0 Å². The monoisotopic (exact) mass is 296 g/mol. The molecule has 0 fully saturated rings. The van der Waals surface area contributed by atoms with Crippen LogP contribution in [0.3, 0.4) is 0 Å². The van der Waals surface area contributed by atoms with Gasteiger partial charge in [0.1, 0.15) is 4.90 Å². The Morgan fingerprint density at radius 2 is 1.67 bits per heavy atom. The number of hydrogen-bond acceptors (Lipinski definition) is 5. The molecule has 1 aromatic heterocycles. The number of sulfonamides is 2. The van der Waals surface area contributed by atoms with E-state index in [1.54, 1.807) is 13.8 Å². The number of aryl methyl sites for hydroxylation is 2. The first-order valence-corrected chi connectivity index (χ1v) is 8.47. The standard InChI is InChI=1S/C8H16N4O4S2/c1-6-8(7(2)12-11-6)18(15,16)10-5-4-9-17(3,13)14/h9-10H,4-5H2,1-3H3,(H,11,12). The topological polar surface area (TPSA) is 121 Å². The van der Waals surface area contributed by atoms with Crippen LogP contribution in [0.25, 0.3) is 0 Å². The molecule has 8 nitrogen and oxygen atoms in total. The van der Waals surface area contributed by atoms with E-state index in [0.717, 1.165) is 6.26 Å². The molecule has 0 aromatic carbocycles. The van der Waals surface area contributed by atoms with Crippen molar-refractivity contribution in [3.05, 3.63) is 11.4 Å². The molecule has 18 heavy (non-hydrogen) atoms. The van der Waals surface area contributed by atoms with Crippen LogP contribution in [0.1, 0.15) is 11.4 Å². The summed E-state index contributed by atoms with van der Waals surface area (Å²) in [6.45, 7) is 3.14. The maximum atomic E-state index is 11.9. The first-order valence-electron chi connectivity index (χ1n) is 5.09. The summed E-state index contributed by atoms with van der Waals surface area (Å²) >= 11 is 0. The van der Waals surface area contributed by atoms with Crippen molar-refractivity contribution in [1.29, 1.82) is 0 Å². The molecule has 0 radical (unpaired) electrons. The van der Waals surface area contributed by atoms with Crippen LogP contribution < -0.4 is 9.44 Å². The molecule has 0 aliphatic heterocycles. The summed E-state index contributed by atoms with van der Waals surface area (Å²) in [4.78, 5) is 0.0989. The molecule has 0 aliphatic rings. The molecule has 1 heterocycles. The normalized spacial score (nSPS) is 12.8. The van der Waals surface area contributed by atoms with Crippen LogP contribution in [-0.2, 0) is 20.0 Å². The third-order valence-electron chi connectivity index (χ3n) is 2.11. The van der Waals surface area contributed by atoms with Gasteiger partial charge in [0.05, 0.1) is 17.6 Å². The summed E-state index contributed by atoms with van der Waals surface area (Å²) in [7, 11) is -6.99. The number of H-pyrrole nitrogens is 1. The van der Waals surface area contributed by atoms with E-state index in [2.05, 4.69) is 19.6 Å². The smallest absolute Gasteiger partial charge is 0.244 e. The first kappa shape index (κ1) is 15.1. The van der Waals surface area contributed by atoms with Crippen molar-refractivity contribution in [2.75, 3.05) is 19.3 Å². The molecule has 1 rings (SSSR count). The van der Waals surface area contributed by atoms with Crippen molar-refractivity contribution in [3.63, 3.8) is 0 Å². The first-order chi connectivity index (χ1) is 8.13. The fourth-order valence-corrected chi connectivity index (χ4v) is 3.30. The van der Waals surface area contributed by atoms with Crippen LogP contribution in [0.2, 0.25) is 0 Å². The number of nitrogens with zero attached hydrogens (tertiary/aromatic N) is 1. The number of nitrogens with one attached hydrogen (secondary N) is 3. The Morgan fingerprint density at radius 3 is 2.11 bits per heavy atom. The minimum absolute atomic E-state index is 0.00594. The quantitative estimate of drug-likeness (QED) is 0.573. The summed E-state index contributed by atoms with van der Waals surface area (Å²) < 4.78 is 49.9. The van der Waals surface area contributed by atoms with E-state index in [0.29, 0.717) is 11.4 Å². The highest BCUT2D eigenvalue weighted by atomic mass is 32.2. The third-order valence-corrected chi connectivity index (χ3v) is 4.56. The van der Waals surface area contributed by atoms with Crippen LogP contribution in [-0.4, -0.2) is 46.4 Å². The van der Waals surface area contributed by atoms with Gasteiger partial charge < -0.3 is 0 Å². The minimum Gasteiger partial charge on any atom is -0.281 e. The lowest BCUT2D eigenvalue weighted by atomic mass is 10.4. The van der Waals surface area contributed by atoms with E-state index < -0.39 is 20.0 Å². The van der Waals surface area contributed by atoms with Gasteiger partial charge in [0.2, 0.25) is 20.0 Å². The molecule has 0 atom stereocenters. The Bertz CT molecular complexity index is 598. The van der Waals surface area contributed by atoms with Crippen molar-refractivity contribution in [2.45, 2.75) is 18.7 Å². The fraction of sp³-hybridized carbons (Fsp3) is 0.625. The highest BCUT2D eigenvalue weighted by molar-refractivity contribution is 7.89. The summed E-state index contributed by atoms with van der Waals surface area (Å²) in [5, 5.41) is 6.37. The lowest BCUT2D eigenvalue weighted by Gasteiger charge is -2.07. The Labute approximate surface area is 106 Å². The summed E-state index contributed by atoms with van der Waals surface area (Å²) in [5.41, 5.74) is 0.812. The Hall–Kier alpha value is -0.970. The minimum atomic E-state index is -3.67. The zero-order valence-electron chi connectivity index (χ0n) is 10.3. The van der Waals surface area contributed by atoms with Crippen molar-refractivity contribution >= 4 is 20.0 Å². The number of aromatic amines is 1. The lowest BCUT2D eigenvalue weighted by Crippen LogP contribution is -2.34. The van der Waals surface area contributed by atoms with E-state index in [4.69, 9.17) is 0 Å². The lowest BCUT2D eigenvalue weighted by molar-refractivity contribution is 0.572. The predicted octanol–water partition coefficient (Wildman–Crippen LogP) is -1.15. The molecule has 0 saturated carbocycles. The molecule has 0 saturated heterocycles. The van der Waals surface area contributed by atoms with E-state index >= 15 is 0 Å². The highest BCUT2D eigenvalue weighted by Gasteiger charge is 2.21. The maximum Gasteiger partial charge on any atom is 0.244 e. The maximum absolute atomic E-state index is 11.9. The average molecular weight is 296 g/mol. The zero-order valence-corrected chi connectivity index (χ0v) is 11.9. The molecule has 0 spiro atoms. The molecule has 0 bridgehead atoms. The molecule has 0 aliphatic carbocycles. The van der Waals surface area contributed by atoms with Crippen LogP contribution in [0.4, 0.5) is 0 Å². The molecular formula is C8H16N4O4S2. The van der Waals surface area contributed by atoms with Gasteiger partial charge in [-0.25, -0.2) is 26.3 Å². The second kappa shape index (κ2) is 5.34. The molecule has 0 amide bonds. The van der Waals surface area contributed by atoms with E-state index in [1.165, 1.54) is 0 Å². The third kappa shape index (κ3) is 4.05. The van der Waals surface area contributed by atoms with Gasteiger partial charge in [-0.3, -0.25) is 5.10 Å². The summed E-state index contributed by atoms with van der Waals surface area (Å²) in [6, 6.07) is 0. The summed E-state index contributed by atoms with van der Waals surface area (Å²) in [6.07, 6.45) is 1.01. The van der Waals surface area contributed by atoms with Gasteiger partial charge in [-0.2, -0.15) is 5.10 Å². The van der Waals surface area contributed by atoms with Crippen molar-refractivity contribution in [2.24, 2.45) is 0 Å². The van der Waals surface area contributed by atoms with Gasteiger partial charge in [0.15, 0.2) is 0 Å². The number of hydrogen-bond donors (Lipinski definition) is 3. The highest BCUT2D eigenvalue weighted by Crippen LogP contribution is 2.15. The Morgan fingerprint density at radius 1 is 1.11 bits per heavy atom. The van der Waals surface area contributed by atoms with Gasteiger partial charge in [-0.05, 0) is 13.8 Å².